The van der Waals surface area contributed by atoms with Crippen molar-refractivity contribution in [3.63, 3.8) is 0 Å². The number of benzene rings is 1. The average molecular weight is 515 g/mol. The van der Waals surface area contributed by atoms with Crippen molar-refractivity contribution in [1.82, 2.24) is 14.9 Å². The molecule has 0 unspecified atom stereocenters. The standard InChI is InChI=1S/C30H38N6O2/c1-5-8-10-24(32-4)18-28(37)36-15-13-22(14-16-36)23-11-12-27(26(17-23)21(7-3)9-6-2)35-30(38)29-33-20-25(19-31)34-29/h8-12,17,20,22H,5-7,13-16,18H2,1-4H3,(H,33,34)(H,35,38)/b10-8-,21-9+,32-24?. The number of carbonyl (C=O) groups is 2. The van der Waals surface area contributed by atoms with Crippen LogP contribution in [0.3, 0.4) is 0 Å². The highest BCUT2D eigenvalue weighted by atomic mass is 16.2. The molecule has 0 spiro atoms. The first kappa shape index (κ1) is 28.6. The first-order valence-electron chi connectivity index (χ1n) is 13.4. The molecule has 38 heavy (non-hydrogen) atoms. The molecule has 0 radical (unpaired) electrons. The van der Waals surface area contributed by atoms with E-state index in [1.165, 1.54) is 17.3 Å². The minimum absolute atomic E-state index is 0.104. The van der Waals surface area contributed by atoms with Crippen LogP contribution in [-0.4, -0.2) is 52.5 Å². The highest BCUT2D eigenvalue weighted by Crippen LogP contribution is 2.34. The van der Waals surface area contributed by atoms with E-state index in [9.17, 15) is 9.59 Å². The van der Waals surface area contributed by atoms with Crippen LogP contribution in [0.2, 0.25) is 0 Å². The molecular formula is C30H38N6O2. The molecule has 1 aliphatic rings. The van der Waals surface area contributed by atoms with E-state index in [0.29, 0.717) is 18.0 Å². The number of rotatable bonds is 10. The maximum atomic E-state index is 12.9. The molecule has 1 aromatic heterocycles. The van der Waals surface area contributed by atoms with Gasteiger partial charge < -0.3 is 15.2 Å². The summed E-state index contributed by atoms with van der Waals surface area (Å²) in [5.74, 6) is 0.181. The van der Waals surface area contributed by atoms with Crippen molar-refractivity contribution in [2.45, 2.75) is 65.2 Å². The second kappa shape index (κ2) is 14.1. The van der Waals surface area contributed by atoms with Crippen LogP contribution < -0.4 is 5.32 Å². The van der Waals surface area contributed by atoms with Gasteiger partial charge in [-0.3, -0.25) is 14.6 Å². The zero-order chi connectivity index (χ0) is 27.5. The number of hydrogen-bond acceptors (Lipinski definition) is 5. The van der Waals surface area contributed by atoms with Crippen molar-refractivity contribution < 1.29 is 9.59 Å². The lowest BCUT2D eigenvalue weighted by molar-refractivity contribution is -0.130. The van der Waals surface area contributed by atoms with Gasteiger partial charge in [0, 0.05) is 37.1 Å². The summed E-state index contributed by atoms with van der Waals surface area (Å²) in [6.45, 7) is 7.71. The molecule has 3 rings (SSSR count). The predicted octanol–water partition coefficient (Wildman–Crippen LogP) is 5.87. The van der Waals surface area contributed by atoms with Gasteiger partial charge in [0.05, 0.1) is 12.6 Å². The van der Waals surface area contributed by atoms with Gasteiger partial charge in [-0.25, -0.2) is 4.98 Å². The summed E-state index contributed by atoms with van der Waals surface area (Å²) in [7, 11) is 1.73. The average Bonchev–Trinajstić information content (AvgIpc) is 3.44. The molecule has 8 nitrogen and oxygen atoms in total. The number of hydrogen-bond donors (Lipinski definition) is 2. The summed E-state index contributed by atoms with van der Waals surface area (Å²) in [5, 5.41) is 12.0. The van der Waals surface area contributed by atoms with Gasteiger partial charge in [0.15, 0.2) is 5.82 Å². The monoisotopic (exact) mass is 514 g/mol. The second-order valence-electron chi connectivity index (χ2n) is 9.36. The normalized spacial score (nSPS) is 15.1. The minimum Gasteiger partial charge on any atom is -0.342 e. The van der Waals surface area contributed by atoms with E-state index in [1.807, 2.05) is 29.2 Å². The maximum Gasteiger partial charge on any atom is 0.291 e. The Morgan fingerprint density at radius 3 is 2.61 bits per heavy atom. The van der Waals surface area contributed by atoms with Gasteiger partial charge in [-0.05, 0) is 67.4 Å². The van der Waals surface area contributed by atoms with Crippen molar-refractivity contribution in [3.05, 3.63) is 65.3 Å². The Kier molecular flexibility index (Phi) is 10.6. The van der Waals surface area contributed by atoms with Gasteiger partial charge >= 0.3 is 0 Å². The van der Waals surface area contributed by atoms with Crippen LogP contribution in [0.1, 0.15) is 92.7 Å². The molecule has 2 heterocycles. The quantitative estimate of drug-likeness (QED) is 0.386. The fourth-order valence-electron chi connectivity index (χ4n) is 4.75. The van der Waals surface area contributed by atoms with Crippen LogP contribution in [0.25, 0.3) is 5.57 Å². The fourth-order valence-corrected chi connectivity index (χ4v) is 4.75. The lowest BCUT2D eigenvalue weighted by Crippen LogP contribution is -2.38. The number of nitrogens with one attached hydrogen (secondary N) is 2. The first-order chi connectivity index (χ1) is 18.4. The van der Waals surface area contributed by atoms with Gasteiger partial charge in [0.1, 0.15) is 11.8 Å². The molecule has 0 atom stereocenters. The van der Waals surface area contributed by atoms with Crippen LogP contribution in [0, 0.1) is 11.3 Å². The summed E-state index contributed by atoms with van der Waals surface area (Å²) in [5.41, 5.74) is 5.15. The number of carbonyl (C=O) groups excluding carboxylic acids is 2. The van der Waals surface area contributed by atoms with Gasteiger partial charge in [0.25, 0.3) is 5.91 Å². The van der Waals surface area contributed by atoms with Crippen molar-refractivity contribution in [2.24, 2.45) is 4.99 Å². The Labute approximate surface area is 225 Å². The number of nitriles is 1. The molecule has 2 amide bonds. The molecule has 1 aromatic carbocycles. The number of aliphatic imine (C=N–C) groups is 1. The number of likely N-dealkylation sites (tertiary alicyclic amines) is 1. The largest absolute Gasteiger partial charge is 0.342 e. The maximum absolute atomic E-state index is 12.9. The van der Waals surface area contributed by atoms with Crippen LogP contribution in [-0.2, 0) is 4.79 Å². The van der Waals surface area contributed by atoms with Crippen LogP contribution in [0.5, 0.6) is 0 Å². The van der Waals surface area contributed by atoms with E-state index in [1.54, 1.807) is 7.05 Å². The smallest absolute Gasteiger partial charge is 0.291 e. The SMILES string of the molecule is CC/C=C\C(CC(=O)N1CCC(c2ccc(NC(=O)c3ncc(C#N)[nH]3)c(/C(=C/CC)CC)c2)CC1)=NC. The van der Waals surface area contributed by atoms with Gasteiger partial charge in [-0.1, -0.05) is 39.0 Å². The first-order valence-corrected chi connectivity index (χ1v) is 13.4. The number of aromatic amines is 1. The summed E-state index contributed by atoms with van der Waals surface area (Å²) < 4.78 is 0. The van der Waals surface area contributed by atoms with E-state index in [0.717, 1.165) is 56.5 Å². The Balaban J connectivity index is 1.76. The molecule has 2 aromatic rings. The van der Waals surface area contributed by atoms with Crippen LogP contribution in [0.4, 0.5) is 5.69 Å². The number of piperidine rings is 1. The third kappa shape index (κ3) is 7.28. The van der Waals surface area contributed by atoms with Gasteiger partial charge in [-0.15, -0.1) is 0 Å². The highest BCUT2D eigenvalue weighted by molar-refractivity contribution is 6.07. The van der Waals surface area contributed by atoms with E-state index in [2.05, 4.69) is 59.3 Å². The third-order valence-electron chi connectivity index (χ3n) is 6.87. The van der Waals surface area contributed by atoms with E-state index in [-0.39, 0.29) is 23.3 Å². The zero-order valence-electron chi connectivity index (χ0n) is 22.9. The van der Waals surface area contributed by atoms with Gasteiger partial charge in [0.2, 0.25) is 5.91 Å². The highest BCUT2D eigenvalue weighted by Gasteiger charge is 2.25. The van der Waals surface area contributed by atoms with Gasteiger partial charge in [-0.2, -0.15) is 5.26 Å². The molecule has 8 heteroatoms. The Bertz CT molecular complexity index is 1260. The summed E-state index contributed by atoms with van der Waals surface area (Å²) in [6.07, 6.45) is 12.3. The molecular weight excluding hydrogens is 476 g/mol. The lowest BCUT2D eigenvalue weighted by atomic mass is 9.86. The third-order valence-corrected chi connectivity index (χ3v) is 6.87. The van der Waals surface area contributed by atoms with E-state index < -0.39 is 0 Å². The molecule has 1 saturated heterocycles. The van der Waals surface area contributed by atoms with Crippen LogP contribution in [0.15, 0.2) is 47.6 Å². The fraction of sp³-hybridized carbons (Fsp3) is 0.433. The molecule has 0 saturated carbocycles. The Hall–Kier alpha value is -3.99. The number of nitrogens with zero attached hydrogens (tertiary/aromatic N) is 4. The number of H-pyrrole nitrogens is 1. The second-order valence-corrected chi connectivity index (χ2v) is 9.36. The topological polar surface area (TPSA) is 114 Å². The van der Waals surface area contributed by atoms with Crippen molar-refractivity contribution in [3.8, 4) is 6.07 Å². The van der Waals surface area contributed by atoms with Crippen molar-refractivity contribution >= 4 is 28.8 Å². The Morgan fingerprint density at radius 2 is 2.00 bits per heavy atom. The molecule has 0 bridgehead atoms. The predicted molar refractivity (Wildman–Crippen MR) is 152 cm³/mol. The number of aromatic nitrogens is 2. The molecule has 0 aliphatic carbocycles. The van der Waals surface area contributed by atoms with Crippen LogP contribution >= 0.6 is 0 Å². The summed E-state index contributed by atoms with van der Waals surface area (Å²) >= 11 is 0. The molecule has 1 fully saturated rings. The molecule has 200 valence electrons. The van der Waals surface area contributed by atoms with Crippen molar-refractivity contribution in [2.75, 3.05) is 25.5 Å². The number of anilines is 1. The van der Waals surface area contributed by atoms with E-state index in [4.69, 9.17) is 5.26 Å². The number of allylic oxidation sites excluding steroid dienone is 4. The molecule has 2 N–H and O–H groups in total. The Morgan fingerprint density at radius 1 is 1.24 bits per heavy atom. The molecule has 1 aliphatic heterocycles. The summed E-state index contributed by atoms with van der Waals surface area (Å²) in [6, 6.07) is 8.16. The summed E-state index contributed by atoms with van der Waals surface area (Å²) in [4.78, 5) is 38.6. The lowest BCUT2D eigenvalue weighted by Gasteiger charge is -2.32. The number of amides is 2. The minimum atomic E-state index is -0.386. The zero-order valence-corrected chi connectivity index (χ0v) is 22.9. The van der Waals surface area contributed by atoms with E-state index >= 15 is 0 Å². The number of imidazole rings is 1. The van der Waals surface area contributed by atoms with Crippen molar-refractivity contribution in [1.29, 1.82) is 5.26 Å².